The highest BCUT2D eigenvalue weighted by molar-refractivity contribution is 7.93. The van der Waals surface area contributed by atoms with Crippen LogP contribution in [0.2, 0.25) is 5.02 Å². The Morgan fingerprint density at radius 1 is 1.03 bits per heavy atom. The van der Waals surface area contributed by atoms with Gasteiger partial charge in [-0.25, -0.2) is 13.2 Å². The minimum atomic E-state index is -4.50. The number of carbonyl (C=O) groups excluding carboxylic acids is 2. The van der Waals surface area contributed by atoms with E-state index in [2.05, 4.69) is 0 Å². The van der Waals surface area contributed by atoms with Crippen molar-refractivity contribution in [2.75, 3.05) is 11.4 Å². The molecular formula is C24H17ClN2O8S. The van der Waals surface area contributed by atoms with E-state index in [1.54, 1.807) is 6.92 Å². The Balaban J connectivity index is 1.93. The van der Waals surface area contributed by atoms with Crippen molar-refractivity contribution in [1.29, 1.82) is 0 Å². The van der Waals surface area contributed by atoms with Gasteiger partial charge in [0.1, 0.15) is 16.9 Å². The average molecular weight is 529 g/mol. The van der Waals surface area contributed by atoms with Crippen molar-refractivity contribution in [2.24, 2.45) is 0 Å². The van der Waals surface area contributed by atoms with Crippen molar-refractivity contribution in [1.82, 2.24) is 0 Å². The van der Waals surface area contributed by atoms with Gasteiger partial charge in [-0.1, -0.05) is 11.6 Å². The van der Waals surface area contributed by atoms with Crippen molar-refractivity contribution in [3.05, 3.63) is 98.8 Å². The fourth-order valence-electron chi connectivity index (χ4n) is 3.61. The second kappa shape index (κ2) is 9.44. The zero-order chi connectivity index (χ0) is 26.2. The third-order valence-electron chi connectivity index (χ3n) is 5.33. The molecule has 0 spiro atoms. The first kappa shape index (κ1) is 24.9. The number of furan rings is 1. The molecule has 3 aromatic carbocycles. The quantitative estimate of drug-likeness (QED) is 0.191. The van der Waals surface area contributed by atoms with E-state index < -0.39 is 26.8 Å². The lowest BCUT2D eigenvalue weighted by Crippen LogP contribution is -2.37. The molecule has 1 aromatic heterocycles. The van der Waals surface area contributed by atoms with E-state index in [1.165, 1.54) is 49.6 Å². The number of amides is 1. The Morgan fingerprint density at radius 3 is 2.25 bits per heavy atom. The molecule has 0 saturated heterocycles. The summed E-state index contributed by atoms with van der Waals surface area (Å²) in [4.78, 5) is 36.0. The predicted molar refractivity (Wildman–Crippen MR) is 131 cm³/mol. The minimum Gasteiger partial charge on any atom is -0.465 e. The van der Waals surface area contributed by atoms with Crippen LogP contribution in [0.3, 0.4) is 0 Å². The lowest BCUT2D eigenvalue weighted by Gasteiger charge is -2.23. The number of anilines is 1. The van der Waals surface area contributed by atoms with Gasteiger partial charge in [0.2, 0.25) is 0 Å². The Labute approximate surface area is 209 Å². The number of halogens is 1. The normalized spacial score (nSPS) is 11.3. The second-order valence-electron chi connectivity index (χ2n) is 7.54. The first-order chi connectivity index (χ1) is 17.0. The van der Waals surface area contributed by atoms with Gasteiger partial charge < -0.3 is 9.15 Å². The summed E-state index contributed by atoms with van der Waals surface area (Å²) in [5, 5.41) is 11.5. The average Bonchev–Trinajstić information content (AvgIpc) is 3.18. The van der Waals surface area contributed by atoms with Gasteiger partial charge in [0, 0.05) is 28.1 Å². The standard InChI is InChI=1S/C24H17ClN2O8S/c1-14-22(24(29)34-2)20-13-18(9-12-21(20)35-14)26(36(32,33)19-10-5-16(25)6-11-19)23(28)15-3-7-17(8-4-15)27(30)31/h3-13H,1-2H3. The van der Waals surface area contributed by atoms with Crippen molar-refractivity contribution < 1.29 is 32.1 Å². The molecular weight excluding hydrogens is 512 g/mol. The first-order valence-electron chi connectivity index (χ1n) is 10.3. The molecule has 0 atom stereocenters. The smallest absolute Gasteiger partial charge is 0.342 e. The number of carbonyl (C=O) groups is 2. The van der Waals surface area contributed by atoms with Crippen molar-refractivity contribution in [2.45, 2.75) is 11.8 Å². The third kappa shape index (κ3) is 4.41. The summed E-state index contributed by atoms with van der Waals surface area (Å²) in [6.07, 6.45) is 0. The summed E-state index contributed by atoms with van der Waals surface area (Å²) in [6.45, 7) is 1.55. The van der Waals surface area contributed by atoms with Crippen LogP contribution in [0.15, 0.2) is 76.0 Å². The monoisotopic (exact) mass is 528 g/mol. The predicted octanol–water partition coefficient (Wildman–Crippen LogP) is 5.13. The molecule has 0 bridgehead atoms. The van der Waals surface area contributed by atoms with Crippen molar-refractivity contribution >= 4 is 55.8 Å². The third-order valence-corrected chi connectivity index (χ3v) is 7.31. The van der Waals surface area contributed by atoms with E-state index in [0.717, 1.165) is 24.3 Å². The maximum Gasteiger partial charge on any atom is 0.342 e. The summed E-state index contributed by atoms with van der Waals surface area (Å²) < 4.78 is 38.3. The number of hydrogen-bond acceptors (Lipinski definition) is 8. The number of nitrogens with zero attached hydrogens (tertiary/aromatic N) is 2. The number of nitro groups is 1. The summed E-state index contributed by atoms with van der Waals surface area (Å²) in [5.74, 6) is -1.42. The van der Waals surface area contributed by atoms with Gasteiger partial charge >= 0.3 is 5.97 Å². The molecule has 0 aliphatic carbocycles. The fraction of sp³-hybridized carbons (Fsp3) is 0.0833. The molecule has 0 fully saturated rings. The summed E-state index contributed by atoms with van der Waals surface area (Å²) >= 11 is 5.90. The van der Waals surface area contributed by atoms with Gasteiger partial charge in [-0.2, -0.15) is 4.31 Å². The first-order valence-corrected chi connectivity index (χ1v) is 12.1. The number of hydrogen-bond donors (Lipinski definition) is 0. The van der Waals surface area contributed by atoms with Crippen molar-refractivity contribution in [3.8, 4) is 0 Å². The highest BCUT2D eigenvalue weighted by atomic mass is 35.5. The number of aryl methyl sites for hydroxylation is 1. The topological polar surface area (TPSA) is 137 Å². The molecule has 0 N–H and O–H groups in total. The molecule has 0 saturated carbocycles. The van der Waals surface area contributed by atoms with Crippen LogP contribution in [0.5, 0.6) is 0 Å². The number of rotatable bonds is 6. The number of benzene rings is 3. The van der Waals surface area contributed by atoms with Gasteiger partial charge in [0.15, 0.2) is 0 Å². The Hall–Kier alpha value is -4.22. The highest BCUT2D eigenvalue weighted by Gasteiger charge is 2.33. The summed E-state index contributed by atoms with van der Waals surface area (Å²) in [6, 6.07) is 13.8. The van der Waals surface area contributed by atoms with Crippen LogP contribution >= 0.6 is 11.6 Å². The van der Waals surface area contributed by atoms with Crippen LogP contribution in [-0.4, -0.2) is 32.3 Å². The number of esters is 1. The minimum absolute atomic E-state index is 0.0842. The number of nitro benzene ring substituents is 1. The summed E-state index contributed by atoms with van der Waals surface area (Å²) in [5.41, 5.74) is -0.109. The summed E-state index contributed by atoms with van der Waals surface area (Å²) in [7, 11) is -3.31. The highest BCUT2D eigenvalue weighted by Crippen LogP contribution is 2.33. The van der Waals surface area contributed by atoms with E-state index in [9.17, 15) is 28.1 Å². The molecule has 1 heterocycles. The van der Waals surface area contributed by atoms with Crippen molar-refractivity contribution in [3.63, 3.8) is 0 Å². The van der Waals surface area contributed by atoms with Gasteiger partial charge in [0.25, 0.3) is 21.6 Å². The molecule has 0 radical (unpaired) electrons. The maximum absolute atomic E-state index is 13.7. The van der Waals surface area contributed by atoms with Crippen LogP contribution in [0.1, 0.15) is 26.5 Å². The molecule has 1 amide bonds. The van der Waals surface area contributed by atoms with Gasteiger partial charge in [0.05, 0.1) is 22.6 Å². The van der Waals surface area contributed by atoms with E-state index in [4.69, 9.17) is 20.8 Å². The molecule has 184 valence electrons. The van der Waals surface area contributed by atoms with Crippen LogP contribution in [0.25, 0.3) is 11.0 Å². The van der Waals surface area contributed by atoms with E-state index >= 15 is 0 Å². The Kier molecular flexibility index (Phi) is 6.53. The Morgan fingerprint density at radius 2 is 1.67 bits per heavy atom. The molecule has 12 heteroatoms. The SMILES string of the molecule is COC(=O)c1c(C)oc2ccc(N(C(=O)c3ccc([N+](=O)[O-])cc3)S(=O)(=O)c3ccc(Cl)cc3)cc12. The molecule has 10 nitrogen and oxygen atoms in total. The molecule has 0 unspecified atom stereocenters. The lowest BCUT2D eigenvalue weighted by atomic mass is 10.1. The van der Waals surface area contributed by atoms with E-state index in [0.29, 0.717) is 9.33 Å². The number of fused-ring (bicyclic) bond motifs is 1. The van der Waals surface area contributed by atoms with Crippen LogP contribution in [-0.2, 0) is 14.8 Å². The number of methoxy groups -OCH3 is 1. The molecule has 0 aliphatic heterocycles. The number of sulfonamides is 1. The van der Waals surface area contributed by atoms with Crippen LogP contribution < -0.4 is 4.31 Å². The molecule has 4 rings (SSSR count). The van der Waals surface area contributed by atoms with Crippen LogP contribution in [0.4, 0.5) is 11.4 Å². The fourth-order valence-corrected chi connectivity index (χ4v) is 5.14. The number of non-ortho nitro benzene ring substituents is 1. The second-order valence-corrected chi connectivity index (χ2v) is 9.76. The maximum atomic E-state index is 13.7. The largest absolute Gasteiger partial charge is 0.465 e. The van der Waals surface area contributed by atoms with E-state index in [-0.39, 0.29) is 44.1 Å². The van der Waals surface area contributed by atoms with Gasteiger partial charge in [-0.3, -0.25) is 14.9 Å². The van der Waals surface area contributed by atoms with Gasteiger partial charge in [-0.15, -0.1) is 0 Å². The molecule has 0 aliphatic rings. The van der Waals surface area contributed by atoms with Gasteiger partial charge in [-0.05, 0) is 61.5 Å². The van der Waals surface area contributed by atoms with Crippen LogP contribution in [0, 0.1) is 17.0 Å². The van der Waals surface area contributed by atoms with E-state index in [1.807, 2.05) is 0 Å². The Bertz CT molecular complexity index is 1610. The zero-order valence-electron chi connectivity index (χ0n) is 18.8. The molecule has 4 aromatic rings. The zero-order valence-corrected chi connectivity index (χ0v) is 20.4. The molecule has 36 heavy (non-hydrogen) atoms. The number of ether oxygens (including phenoxy) is 1. The lowest BCUT2D eigenvalue weighted by molar-refractivity contribution is -0.384.